The Kier molecular flexibility index (Phi) is 2.16. The van der Waals surface area contributed by atoms with Crippen molar-refractivity contribution in [1.29, 1.82) is 0 Å². The molecule has 0 unspecified atom stereocenters. The molecule has 1 N–H and O–H groups in total. The number of carbonyl (C=O) groups is 1. The first-order valence-electron chi connectivity index (χ1n) is 4.37. The second-order valence-electron chi connectivity index (χ2n) is 3.36. The zero-order valence-electron chi connectivity index (χ0n) is 8.28. The van der Waals surface area contributed by atoms with Gasteiger partial charge in [0.2, 0.25) is 0 Å². The average molecular weight is 225 g/mol. The number of aromatic nitrogens is 2. The summed E-state index contributed by atoms with van der Waals surface area (Å²) in [5.41, 5.74) is 1.74. The fourth-order valence-electron chi connectivity index (χ4n) is 1.51. The fourth-order valence-corrected chi connectivity index (χ4v) is 1.75. The van der Waals surface area contributed by atoms with Crippen LogP contribution in [0.5, 0.6) is 0 Å². The summed E-state index contributed by atoms with van der Waals surface area (Å²) in [4.78, 5) is 10.9. The Bertz CT molecular complexity index is 560. The Morgan fingerprint density at radius 3 is 2.80 bits per heavy atom. The maximum atomic E-state index is 10.9. The van der Waals surface area contributed by atoms with Gasteiger partial charge in [0, 0.05) is 18.1 Å². The number of halogens is 1. The molecule has 0 spiro atoms. The van der Waals surface area contributed by atoms with Crippen molar-refractivity contribution in [3.63, 3.8) is 0 Å². The van der Waals surface area contributed by atoms with E-state index >= 15 is 0 Å². The van der Waals surface area contributed by atoms with E-state index in [-0.39, 0.29) is 10.6 Å². The maximum Gasteiger partial charge on any atom is 0.337 e. The van der Waals surface area contributed by atoms with Gasteiger partial charge in [-0.1, -0.05) is 11.6 Å². The van der Waals surface area contributed by atoms with Crippen LogP contribution in [0.2, 0.25) is 5.02 Å². The van der Waals surface area contributed by atoms with Crippen molar-refractivity contribution in [2.24, 2.45) is 7.05 Å². The van der Waals surface area contributed by atoms with E-state index in [0.717, 1.165) is 11.1 Å². The first-order valence-corrected chi connectivity index (χ1v) is 4.74. The third-order valence-electron chi connectivity index (χ3n) is 2.45. The van der Waals surface area contributed by atoms with E-state index in [1.807, 2.05) is 14.0 Å². The first-order chi connectivity index (χ1) is 7.00. The lowest BCUT2D eigenvalue weighted by atomic mass is 10.1. The van der Waals surface area contributed by atoms with Crippen molar-refractivity contribution in [3.05, 3.63) is 28.4 Å². The summed E-state index contributed by atoms with van der Waals surface area (Å²) in [6.07, 6.45) is 0. The Morgan fingerprint density at radius 1 is 1.53 bits per heavy atom. The van der Waals surface area contributed by atoms with Crippen LogP contribution in [0.25, 0.3) is 10.9 Å². The molecule has 0 bridgehead atoms. The average Bonchev–Trinajstić information content (AvgIpc) is 2.41. The molecule has 0 saturated carbocycles. The Hall–Kier alpha value is -1.55. The summed E-state index contributed by atoms with van der Waals surface area (Å²) in [6, 6.07) is 3.13. The van der Waals surface area contributed by atoms with Gasteiger partial charge in [-0.05, 0) is 19.1 Å². The van der Waals surface area contributed by atoms with Crippen molar-refractivity contribution in [2.75, 3.05) is 0 Å². The molecule has 0 atom stereocenters. The molecule has 0 aliphatic heterocycles. The van der Waals surface area contributed by atoms with Gasteiger partial charge in [-0.15, -0.1) is 0 Å². The molecular weight excluding hydrogens is 216 g/mol. The van der Waals surface area contributed by atoms with Gasteiger partial charge in [0.15, 0.2) is 0 Å². The summed E-state index contributed by atoms with van der Waals surface area (Å²) in [5, 5.41) is 14.2. The summed E-state index contributed by atoms with van der Waals surface area (Å²) in [6.45, 7) is 1.88. The molecule has 78 valence electrons. The lowest BCUT2D eigenvalue weighted by Crippen LogP contribution is -1.97. The minimum Gasteiger partial charge on any atom is -0.478 e. The Balaban J connectivity index is 2.83. The first kappa shape index (κ1) is 9.98. The molecule has 2 aromatic rings. The number of carboxylic acid groups (broad SMARTS) is 1. The van der Waals surface area contributed by atoms with Crippen molar-refractivity contribution in [2.45, 2.75) is 6.92 Å². The summed E-state index contributed by atoms with van der Waals surface area (Å²) >= 11 is 5.83. The number of aryl methyl sites for hydroxylation is 2. The molecular formula is C10H9ClN2O2. The molecule has 0 amide bonds. The van der Waals surface area contributed by atoms with E-state index in [2.05, 4.69) is 5.10 Å². The van der Waals surface area contributed by atoms with Crippen LogP contribution < -0.4 is 0 Å². The fraction of sp³-hybridized carbons (Fsp3) is 0.200. The highest BCUT2D eigenvalue weighted by atomic mass is 35.5. The molecule has 4 nitrogen and oxygen atoms in total. The standard InChI is InChI=1S/C10H9ClN2O2/c1-5-6-3-7(10(14)15)8(11)4-9(6)12-13(5)2/h3-4H,1-2H3,(H,14,15). The second-order valence-corrected chi connectivity index (χ2v) is 3.77. The predicted molar refractivity (Wildman–Crippen MR) is 57.4 cm³/mol. The van der Waals surface area contributed by atoms with Gasteiger partial charge < -0.3 is 5.11 Å². The predicted octanol–water partition coefficient (Wildman–Crippen LogP) is 2.23. The molecule has 2 rings (SSSR count). The van der Waals surface area contributed by atoms with Crippen molar-refractivity contribution < 1.29 is 9.90 Å². The molecule has 1 heterocycles. The minimum atomic E-state index is -1.02. The van der Waals surface area contributed by atoms with Gasteiger partial charge in [0.1, 0.15) is 0 Å². The van der Waals surface area contributed by atoms with Crippen LogP contribution in [0.1, 0.15) is 16.1 Å². The second kappa shape index (κ2) is 3.24. The van der Waals surface area contributed by atoms with E-state index in [1.54, 1.807) is 16.8 Å². The van der Waals surface area contributed by atoms with Crippen LogP contribution >= 0.6 is 11.6 Å². The van der Waals surface area contributed by atoms with E-state index in [0.29, 0.717) is 5.52 Å². The van der Waals surface area contributed by atoms with Gasteiger partial charge in [0.05, 0.1) is 16.1 Å². The van der Waals surface area contributed by atoms with Crippen LogP contribution in [0.15, 0.2) is 12.1 Å². The molecule has 0 aliphatic carbocycles. The van der Waals surface area contributed by atoms with Crippen molar-refractivity contribution >= 4 is 28.5 Å². The highest BCUT2D eigenvalue weighted by Crippen LogP contribution is 2.25. The molecule has 0 radical (unpaired) electrons. The molecule has 0 saturated heterocycles. The van der Waals surface area contributed by atoms with Crippen LogP contribution in [0, 0.1) is 6.92 Å². The Morgan fingerprint density at radius 2 is 2.20 bits per heavy atom. The number of nitrogens with zero attached hydrogens (tertiary/aromatic N) is 2. The molecule has 5 heteroatoms. The quantitative estimate of drug-likeness (QED) is 0.808. The minimum absolute atomic E-state index is 0.111. The smallest absolute Gasteiger partial charge is 0.337 e. The van der Waals surface area contributed by atoms with Crippen LogP contribution in [0.4, 0.5) is 0 Å². The normalized spacial score (nSPS) is 10.9. The van der Waals surface area contributed by atoms with Gasteiger partial charge >= 0.3 is 5.97 Å². The highest BCUT2D eigenvalue weighted by molar-refractivity contribution is 6.34. The van der Waals surface area contributed by atoms with E-state index in [9.17, 15) is 4.79 Å². The number of hydrogen-bond acceptors (Lipinski definition) is 2. The molecule has 15 heavy (non-hydrogen) atoms. The molecule has 1 aromatic carbocycles. The summed E-state index contributed by atoms with van der Waals surface area (Å²) in [7, 11) is 1.81. The summed E-state index contributed by atoms with van der Waals surface area (Å²) in [5.74, 6) is -1.02. The van der Waals surface area contributed by atoms with Gasteiger partial charge in [-0.3, -0.25) is 4.68 Å². The maximum absolute atomic E-state index is 10.9. The highest BCUT2D eigenvalue weighted by Gasteiger charge is 2.13. The van der Waals surface area contributed by atoms with Gasteiger partial charge in [-0.2, -0.15) is 5.10 Å². The number of benzene rings is 1. The van der Waals surface area contributed by atoms with Crippen LogP contribution in [-0.4, -0.2) is 20.9 Å². The lowest BCUT2D eigenvalue weighted by molar-refractivity contribution is 0.0697. The zero-order valence-corrected chi connectivity index (χ0v) is 9.04. The topological polar surface area (TPSA) is 55.1 Å². The zero-order chi connectivity index (χ0) is 11.2. The number of rotatable bonds is 1. The van der Waals surface area contributed by atoms with E-state index in [4.69, 9.17) is 16.7 Å². The SMILES string of the molecule is Cc1c2cc(C(=O)O)c(Cl)cc2nn1C. The van der Waals surface area contributed by atoms with E-state index in [1.165, 1.54) is 0 Å². The third-order valence-corrected chi connectivity index (χ3v) is 2.76. The van der Waals surface area contributed by atoms with Crippen LogP contribution in [-0.2, 0) is 7.05 Å². The monoisotopic (exact) mass is 224 g/mol. The van der Waals surface area contributed by atoms with Crippen molar-refractivity contribution in [1.82, 2.24) is 9.78 Å². The largest absolute Gasteiger partial charge is 0.478 e. The van der Waals surface area contributed by atoms with Crippen LogP contribution in [0.3, 0.4) is 0 Å². The number of hydrogen-bond donors (Lipinski definition) is 1. The number of carboxylic acids is 1. The third kappa shape index (κ3) is 1.47. The number of aromatic carboxylic acids is 1. The lowest BCUT2D eigenvalue weighted by Gasteiger charge is -1.98. The number of fused-ring (bicyclic) bond motifs is 1. The Labute approximate surface area is 91.1 Å². The van der Waals surface area contributed by atoms with E-state index < -0.39 is 5.97 Å². The van der Waals surface area contributed by atoms with Gasteiger partial charge in [-0.25, -0.2) is 4.79 Å². The summed E-state index contributed by atoms with van der Waals surface area (Å²) < 4.78 is 1.70. The molecule has 0 aliphatic rings. The van der Waals surface area contributed by atoms with Crippen molar-refractivity contribution in [3.8, 4) is 0 Å². The molecule has 1 aromatic heterocycles. The van der Waals surface area contributed by atoms with Gasteiger partial charge in [0.25, 0.3) is 0 Å². The molecule has 0 fully saturated rings.